The van der Waals surface area contributed by atoms with Crippen molar-refractivity contribution in [2.75, 3.05) is 5.73 Å². The monoisotopic (exact) mass is 269 g/mol. The van der Waals surface area contributed by atoms with E-state index in [1.165, 1.54) is 4.68 Å². The first-order chi connectivity index (χ1) is 8.95. The fourth-order valence-corrected chi connectivity index (χ4v) is 2.05. The number of aryl methyl sites for hydroxylation is 1. The summed E-state index contributed by atoms with van der Waals surface area (Å²) in [5.74, 6) is -2.56. The van der Waals surface area contributed by atoms with Crippen LogP contribution in [0.25, 0.3) is 11.3 Å². The number of nitrogen functional groups attached to an aromatic ring is 1. The number of nitrogens with zero attached hydrogens (tertiary/aromatic N) is 2. The molecule has 0 bridgehead atoms. The minimum Gasteiger partial charge on any atom is -0.384 e. The van der Waals surface area contributed by atoms with Crippen molar-refractivity contribution >= 4 is 5.82 Å². The van der Waals surface area contributed by atoms with Gasteiger partial charge in [0, 0.05) is 24.7 Å². The molecule has 1 aromatic carbocycles. The molecular formula is C13H14F3N3. The van der Waals surface area contributed by atoms with Gasteiger partial charge in [0.15, 0.2) is 0 Å². The van der Waals surface area contributed by atoms with Crippen molar-refractivity contribution in [2.24, 2.45) is 7.05 Å². The van der Waals surface area contributed by atoms with Gasteiger partial charge < -0.3 is 5.73 Å². The van der Waals surface area contributed by atoms with Crippen LogP contribution in [0.5, 0.6) is 0 Å². The molecular weight excluding hydrogens is 255 g/mol. The number of halogens is 3. The van der Waals surface area contributed by atoms with Crippen LogP contribution in [0.2, 0.25) is 0 Å². The first-order valence-electron chi connectivity index (χ1n) is 5.92. The van der Waals surface area contributed by atoms with E-state index in [0.29, 0.717) is 29.9 Å². The minimum absolute atomic E-state index is 0.136. The molecule has 102 valence electrons. The number of nitrogens with two attached hydrogens (primary N) is 1. The maximum absolute atomic E-state index is 13.8. The van der Waals surface area contributed by atoms with Crippen molar-refractivity contribution in [1.29, 1.82) is 0 Å². The van der Waals surface area contributed by atoms with Crippen LogP contribution in [0.1, 0.15) is 18.9 Å². The summed E-state index contributed by atoms with van der Waals surface area (Å²) in [7, 11) is 1.59. The molecule has 0 atom stereocenters. The zero-order valence-corrected chi connectivity index (χ0v) is 10.7. The Hall–Kier alpha value is -1.98. The Morgan fingerprint density at radius 1 is 1.21 bits per heavy atom. The van der Waals surface area contributed by atoms with E-state index in [1.54, 1.807) is 7.05 Å². The van der Waals surface area contributed by atoms with E-state index in [-0.39, 0.29) is 11.3 Å². The van der Waals surface area contributed by atoms with Gasteiger partial charge in [-0.25, -0.2) is 13.2 Å². The summed E-state index contributed by atoms with van der Waals surface area (Å²) < 4.78 is 41.9. The van der Waals surface area contributed by atoms with Crippen LogP contribution in [0.15, 0.2) is 12.1 Å². The van der Waals surface area contributed by atoms with Gasteiger partial charge in [-0.1, -0.05) is 13.3 Å². The molecule has 6 heteroatoms. The van der Waals surface area contributed by atoms with Gasteiger partial charge in [-0.3, -0.25) is 4.68 Å². The van der Waals surface area contributed by atoms with Crippen LogP contribution in [0.4, 0.5) is 19.0 Å². The van der Waals surface area contributed by atoms with Crippen LogP contribution in [0.3, 0.4) is 0 Å². The zero-order chi connectivity index (χ0) is 14.2. The van der Waals surface area contributed by atoms with Gasteiger partial charge in [-0.15, -0.1) is 0 Å². The average Bonchev–Trinajstić information content (AvgIpc) is 2.57. The Bertz CT molecular complexity index is 597. The zero-order valence-electron chi connectivity index (χ0n) is 10.7. The highest BCUT2D eigenvalue weighted by molar-refractivity contribution is 5.69. The summed E-state index contributed by atoms with van der Waals surface area (Å²) in [6.07, 6.45) is 1.30. The molecule has 2 aromatic rings. The predicted octanol–water partition coefficient (Wildman–Crippen LogP) is 3.04. The average molecular weight is 269 g/mol. The highest BCUT2D eigenvalue weighted by atomic mass is 19.1. The van der Waals surface area contributed by atoms with Crippen LogP contribution in [-0.2, 0) is 13.5 Å². The Morgan fingerprint density at radius 2 is 1.79 bits per heavy atom. The van der Waals surface area contributed by atoms with E-state index in [1.807, 2.05) is 6.92 Å². The van der Waals surface area contributed by atoms with Crippen LogP contribution >= 0.6 is 0 Å². The molecule has 3 nitrogen and oxygen atoms in total. The maximum Gasteiger partial charge on any atom is 0.138 e. The lowest BCUT2D eigenvalue weighted by molar-refractivity contribution is 0.546. The molecule has 0 saturated heterocycles. The predicted molar refractivity (Wildman–Crippen MR) is 66.9 cm³/mol. The standard InChI is InChI=1S/C13H14F3N3/c1-3-4-8-12(18-19(2)13(8)17)11-9(15)5-7(14)6-10(11)16/h5-6H,3-4,17H2,1-2H3. The molecule has 2 rings (SSSR count). The third-order valence-corrected chi connectivity index (χ3v) is 2.94. The molecule has 0 radical (unpaired) electrons. The number of benzene rings is 1. The van der Waals surface area contributed by atoms with Crippen molar-refractivity contribution in [3.05, 3.63) is 35.1 Å². The van der Waals surface area contributed by atoms with Gasteiger partial charge in [0.25, 0.3) is 0 Å². The van der Waals surface area contributed by atoms with Crippen molar-refractivity contribution in [1.82, 2.24) is 9.78 Å². The summed E-state index contributed by atoms with van der Waals surface area (Å²) in [5, 5.41) is 4.04. The third kappa shape index (κ3) is 2.30. The second-order valence-corrected chi connectivity index (χ2v) is 4.33. The molecule has 0 spiro atoms. The molecule has 0 aliphatic heterocycles. The van der Waals surface area contributed by atoms with Gasteiger partial charge in [-0.05, 0) is 6.42 Å². The quantitative estimate of drug-likeness (QED) is 0.930. The van der Waals surface area contributed by atoms with Crippen LogP contribution in [-0.4, -0.2) is 9.78 Å². The molecule has 0 aliphatic carbocycles. The smallest absolute Gasteiger partial charge is 0.138 e. The van der Waals surface area contributed by atoms with Gasteiger partial charge in [0.1, 0.15) is 29.0 Å². The van der Waals surface area contributed by atoms with Gasteiger partial charge in [0.2, 0.25) is 0 Å². The second-order valence-electron chi connectivity index (χ2n) is 4.33. The molecule has 0 fully saturated rings. The first-order valence-corrected chi connectivity index (χ1v) is 5.92. The molecule has 0 saturated carbocycles. The summed E-state index contributed by atoms with van der Waals surface area (Å²) in [6, 6.07) is 1.28. The topological polar surface area (TPSA) is 43.8 Å². The SMILES string of the molecule is CCCc1c(-c2c(F)cc(F)cc2F)nn(C)c1N. The summed E-state index contributed by atoms with van der Waals surface area (Å²) >= 11 is 0. The van der Waals surface area contributed by atoms with Crippen molar-refractivity contribution in [3.8, 4) is 11.3 Å². The first kappa shape index (κ1) is 13.5. The molecule has 1 aromatic heterocycles. The lowest BCUT2D eigenvalue weighted by Gasteiger charge is -2.05. The summed E-state index contributed by atoms with van der Waals surface area (Å²) in [6.45, 7) is 1.92. The lowest BCUT2D eigenvalue weighted by atomic mass is 10.0. The maximum atomic E-state index is 13.8. The third-order valence-electron chi connectivity index (χ3n) is 2.94. The van der Waals surface area contributed by atoms with Crippen LogP contribution in [0, 0.1) is 17.5 Å². The Morgan fingerprint density at radius 3 is 2.32 bits per heavy atom. The number of hydrogen-bond donors (Lipinski definition) is 1. The molecule has 19 heavy (non-hydrogen) atoms. The van der Waals surface area contributed by atoms with E-state index < -0.39 is 17.5 Å². The van der Waals surface area contributed by atoms with Crippen molar-refractivity contribution in [3.63, 3.8) is 0 Å². The van der Waals surface area contributed by atoms with Gasteiger partial charge in [0.05, 0.1) is 5.56 Å². The molecule has 0 aliphatic rings. The fourth-order valence-electron chi connectivity index (χ4n) is 2.05. The van der Waals surface area contributed by atoms with Gasteiger partial charge >= 0.3 is 0 Å². The Balaban J connectivity index is 2.69. The van der Waals surface area contributed by atoms with E-state index >= 15 is 0 Å². The number of aromatic nitrogens is 2. The van der Waals surface area contributed by atoms with Crippen LogP contribution < -0.4 is 5.73 Å². The van der Waals surface area contributed by atoms with E-state index in [2.05, 4.69) is 5.10 Å². The normalized spacial score (nSPS) is 11.0. The van der Waals surface area contributed by atoms with Gasteiger partial charge in [-0.2, -0.15) is 5.10 Å². The van der Waals surface area contributed by atoms with E-state index in [4.69, 9.17) is 5.73 Å². The number of rotatable bonds is 3. The molecule has 1 heterocycles. The van der Waals surface area contributed by atoms with Crippen molar-refractivity contribution in [2.45, 2.75) is 19.8 Å². The Kier molecular flexibility index (Phi) is 3.50. The number of hydrogen-bond acceptors (Lipinski definition) is 2. The second kappa shape index (κ2) is 4.95. The summed E-state index contributed by atoms with van der Waals surface area (Å²) in [5.41, 5.74) is 6.22. The molecule has 0 amide bonds. The van der Waals surface area contributed by atoms with Crippen molar-refractivity contribution < 1.29 is 13.2 Å². The minimum atomic E-state index is -0.979. The highest BCUT2D eigenvalue weighted by Crippen LogP contribution is 2.32. The lowest BCUT2D eigenvalue weighted by Crippen LogP contribution is -1.99. The van der Waals surface area contributed by atoms with E-state index in [9.17, 15) is 13.2 Å². The van der Waals surface area contributed by atoms with E-state index in [0.717, 1.165) is 6.42 Å². The fraction of sp³-hybridized carbons (Fsp3) is 0.308. The Labute approximate surface area is 108 Å². The largest absolute Gasteiger partial charge is 0.384 e. The molecule has 2 N–H and O–H groups in total. The highest BCUT2D eigenvalue weighted by Gasteiger charge is 2.22. The number of anilines is 1. The molecule has 0 unspecified atom stereocenters. The summed E-state index contributed by atoms with van der Waals surface area (Å²) in [4.78, 5) is 0.